The molecule has 3 amide bonds. The lowest BCUT2D eigenvalue weighted by Gasteiger charge is -2.26. The Kier molecular flexibility index (Phi) is 2.70. The first-order valence-electron chi connectivity index (χ1n) is 6.14. The van der Waals surface area contributed by atoms with Crippen LogP contribution in [-0.2, 0) is 11.3 Å². The van der Waals surface area contributed by atoms with E-state index in [9.17, 15) is 9.59 Å². The number of rotatable bonds is 1. The van der Waals surface area contributed by atoms with Crippen LogP contribution in [0.2, 0.25) is 0 Å². The molecule has 2 aliphatic heterocycles. The van der Waals surface area contributed by atoms with Gasteiger partial charge in [-0.15, -0.1) is 0 Å². The summed E-state index contributed by atoms with van der Waals surface area (Å²) in [5.74, 6) is -0.0475. The summed E-state index contributed by atoms with van der Waals surface area (Å²) in [7, 11) is 1.75. The van der Waals surface area contributed by atoms with Gasteiger partial charge in [0.2, 0.25) is 5.91 Å². The zero-order valence-corrected chi connectivity index (χ0v) is 10.6. The third-order valence-corrected chi connectivity index (χ3v) is 3.34. The topological polar surface area (TPSA) is 73.8 Å². The fourth-order valence-electron chi connectivity index (χ4n) is 2.25. The molecule has 2 heterocycles. The molecule has 0 saturated heterocycles. The number of hydrogen-bond acceptors (Lipinski definition) is 3. The zero-order chi connectivity index (χ0) is 13.4. The molecule has 2 aliphatic rings. The van der Waals surface area contributed by atoms with E-state index in [0.29, 0.717) is 19.4 Å². The Morgan fingerprint density at radius 3 is 2.84 bits per heavy atom. The van der Waals surface area contributed by atoms with Crippen LogP contribution < -0.4 is 10.7 Å². The van der Waals surface area contributed by atoms with Gasteiger partial charge in [0.25, 0.3) is 0 Å². The minimum Gasteiger partial charge on any atom is -0.323 e. The molecule has 6 heteroatoms. The van der Waals surface area contributed by atoms with E-state index < -0.39 is 0 Å². The molecule has 0 saturated carbocycles. The van der Waals surface area contributed by atoms with Crippen molar-refractivity contribution in [3.8, 4) is 0 Å². The number of fused-ring (bicyclic) bond motifs is 1. The Hall–Kier alpha value is -2.37. The van der Waals surface area contributed by atoms with Gasteiger partial charge >= 0.3 is 6.03 Å². The fourth-order valence-corrected chi connectivity index (χ4v) is 2.25. The van der Waals surface area contributed by atoms with Crippen molar-refractivity contribution < 1.29 is 9.59 Å². The molecule has 6 nitrogen and oxygen atoms in total. The zero-order valence-electron chi connectivity index (χ0n) is 10.6. The van der Waals surface area contributed by atoms with Crippen LogP contribution in [-0.4, -0.2) is 29.6 Å². The summed E-state index contributed by atoms with van der Waals surface area (Å²) < 4.78 is 0. The van der Waals surface area contributed by atoms with E-state index in [-0.39, 0.29) is 11.9 Å². The maximum atomic E-state index is 11.5. The van der Waals surface area contributed by atoms with E-state index >= 15 is 0 Å². The third kappa shape index (κ3) is 2.16. The first kappa shape index (κ1) is 11.7. The van der Waals surface area contributed by atoms with E-state index in [0.717, 1.165) is 22.5 Å². The molecule has 98 valence electrons. The van der Waals surface area contributed by atoms with Gasteiger partial charge in [-0.05, 0) is 23.3 Å². The lowest BCUT2D eigenvalue weighted by molar-refractivity contribution is -0.121. The van der Waals surface area contributed by atoms with E-state index in [1.807, 2.05) is 18.2 Å². The van der Waals surface area contributed by atoms with Crippen LogP contribution in [0.5, 0.6) is 0 Å². The van der Waals surface area contributed by atoms with Gasteiger partial charge in [-0.2, -0.15) is 5.10 Å². The molecular formula is C13H14N4O2. The normalized spacial score (nSPS) is 18.4. The van der Waals surface area contributed by atoms with Crippen LogP contribution in [0.25, 0.3) is 0 Å². The monoisotopic (exact) mass is 258 g/mol. The Labute approximate surface area is 110 Å². The minimum absolute atomic E-state index is 0.0475. The Balaban J connectivity index is 1.92. The van der Waals surface area contributed by atoms with Crippen LogP contribution in [0, 0.1) is 0 Å². The number of nitrogens with one attached hydrogen (secondary N) is 2. The second-order valence-electron chi connectivity index (χ2n) is 4.75. The molecule has 0 atom stereocenters. The molecule has 3 rings (SSSR count). The molecule has 0 fully saturated rings. The second kappa shape index (κ2) is 4.38. The summed E-state index contributed by atoms with van der Waals surface area (Å²) in [6.07, 6.45) is 1.11. The highest BCUT2D eigenvalue weighted by atomic mass is 16.2. The molecule has 2 N–H and O–H groups in total. The molecule has 0 radical (unpaired) electrons. The smallest absolute Gasteiger partial charge is 0.321 e. The Morgan fingerprint density at radius 2 is 2.11 bits per heavy atom. The highest BCUT2D eigenvalue weighted by molar-refractivity contribution is 6.05. The largest absolute Gasteiger partial charge is 0.323 e. The van der Waals surface area contributed by atoms with E-state index in [4.69, 9.17) is 0 Å². The minimum atomic E-state index is -0.0949. The summed E-state index contributed by atoms with van der Waals surface area (Å²) in [5, 5.41) is 6.90. The van der Waals surface area contributed by atoms with Gasteiger partial charge in [0.1, 0.15) is 0 Å². The van der Waals surface area contributed by atoms with Crippen LogP contribution >= 0.6 is 0 Å². The van der Waals surface area contributed by atoms with Crippen LogP contribution in [0.3, 0.4) is 0 Å². The number of hydrazone groups is 1. The van der Waals surface area contributed by atoms with Crippen molar-refractivity contribution in [2.24, 2.45) is 5.10 Å². The van der Waals surface area contributed by atoms with Crippen molar-refractivity contribution in [2.45, 2.75) is 19.4 Å². The van der Waals surface area contributed by atoms with Crippen molar-refractivity contribution in [1.82, 2.24) is 10.3 Å². The number of anilines is 1. The van der Waals surface area contributed by atoms with Gasteiger partial charge in [0.05, 0.1) is 5.71 Å². The van der Waals surface area contributed by atoms with Crippen molar-refractivity contribution in [3.63, 3.8) is 0 Å². The van der Waals surface area contributed by atoms with E-state index in [2.05, 4.69) is 15.8 Å². The molecular weight excluding hydrogens is 244 g/mol. The number of nitrogens with zero attached hydrogens (tertiary/aromatic N) is 2. The lowest BCUT2D eigenvalue weighted by atomic mass is 10.00. The predicted octanol–water partition coefficient (Wildman–Crippen LogP) is 1.28. The molecule has 0 spiro atoms. The average Bonchev–Trinajstić information content (AvgIpc) is 2.40. The average molecular weight is 258 g/mol. The summed E-state index contributed by atoms with van der Waals surface area (Å²) in [4.78, 5) is 24.2. The molecule has 19 heavy (non-hydrogen) atoms. The molecule has 0 bridgehead atoms. The fraction of sp³-hybridized carbons (Fsp3) is 0.308. The van der Waals surface area contributed by atoms with Crippen molar-refractivity contribution in [1.29, 1.82) is 0 Å². The first-order chi connectivity index (χ1) is 9.13. The van der Waals surface area contributed by atoms with Gasteiger partial charge in [-0.3, -0.25) is 4.79 Å². The number of urea groups is 1. The van der Waals surface area contributed by atoms with Crippen LogP contribution in [0.1, 0.15) is 24.0 Å². The second-order valence-corrected chi connectivity index (χ2v) is 4.75. The quantitative estimate of drug-likeness (QED) is 0.796. The van der Waals surface area contributed by atoms with Crippen molar-refractivity contribution in [3.05, 3.63) is 29.3 Å². The Bertz CT molecular complexity index is 594. The molecule has 1 aromatic carbocycles. The maximum absolute atomic E-state index is 11.5. The lowest BCUT2D eigenvalue weighted by Crippen LogP contribution is -2.35. The van der Waals surface area contributed by atoms with Gasteiger partial charge in [-0.1, -0.05) is 6.07 Å². The SMILES string of the molecule is CN1Cc2cc(C3=NNC(=O)CC3)ccc2NC1=O. The van der Waals surface area contributed by atoms with E-state index in [1.165, 1.54) is 0 Å². The maximum Gasteiger partial charge on any atom is 0.321 e. The van der Waals surface area contributed by atoms with Gasteiger partial charge in [-0.25, -0.2) is 10.2 Å². The highest BCUT2D eigenvalue weighted by Gasteiger charge is 2.21. The summed E-state index contributed by atoms with van der Waals surface area (Å²) in [6.45, 7) is 0.578. The molecule has 0 aromatic heterocycles. The van der Waals surface area contributed by atoms with E-state index in [1.54, 1.807) is 11.9 Å². The summed E-state index contributed by atoms with van der Waals surface area (Å²) in [5.41, 5.74) is 6.26. The standard InChI is InChI=1S/C13H14N4O2/c1-17-7-9-6-8(2-3-10(9)14-13(17)19)11-4-5-12(18)16-15-11/h2-3,6H,4-5,7H2,1H3,(H,14,19)(H,16,18). The van der Waals surface area contributed by atoms with Gasteiger partial charge in [0.15, 0.2) is 0 Å². The number of amides is 3. The Morgan fingerprint density at radius 1 is 1.26 bits per heavy atom. The molecule has 1 aromatic rings. The van der Waals surface area contributed by atoms with Gasteiger partial charge in [0, 0.05) is 32.1 Å². The van der Waals surface area contributed by atoms with Crippen molar-refractivity contribution in [2.75, 3.05) is 12.4 Å². The first-order valence-corrected chi connectivity index (χ1v) is 6.14. The highest BCUT2D eigenvalue weighted by Crippen LogP contribution is 2.24. The molecule has 0 unspecified atom stereocenters. The van der Waals surface area contributed by atoms with Gasteiger partial charge < -0.3 is 10.2 Å². The molecule has 0 aliphatic carbocycles. The number of hydrogen-bond donors (Lipinski definition) is 2. The number of benzene rings is 1. The number of carbonyl (C=O) groups is 2. The third-order valence-electron chi connectivity index (χ3n) is 3.34. The predicted molar refractivity (Wildman–Crippen MR) is 70.8 cm³/mol. The number of carbonyl (C=O) groups excluding carboxylic acids is 2. The van der Waals surface area contributed by atoms with Crippen LogP contribution in [0.4, 0.5) is 10.5 Å². The summed E-state index contributed by atoms with van der Waals surface area (Å²) in [6, 6.07) is 5.72. The summed E-state index contributed by atoms with van der Waals surface area (Å²) >= 11 is 0. The van der Waals surface area contributed by atoms with Crippen molar-refractivity contribution >= 4 is 23.3 Å². The van der Waals surface area contributed by atoms with Crippen LogP contribution in [0.15, 0.2) is 23.3 Å².